The molecule has 1 saturated heterocycles. The highest BCUT2D eigenvalue weighted by molar-refractivity contribution is 5.80. The van der Waals surface area contributed by atoms with E-state index in [4.69, 9.17) is 18.9 Å². The van der Waals surface area contributed by atoms with Crippen molar-refractivity contribution in [2.45, 2.75) is 163 Å². The summed E-state index contributed by atoms with van der Waals surface area (Å²) in [5.41, 5.74) is -0.941. The largest absolute Gasteiger partial charge is 0.456 e. The highest BCUT2D eigenvalue weighted by Crippen LogP contribution is 2.75. The van der Waals surface area contributed by atoms with E-state index in [0.29, 0.717) is 37.5 Å². The van der Waals surface area contributed by atoms with E-state index in [1.165, 1.54) is 5.57 Å². The maximum Gasteiger partial charge on any atom is 0.317 e. The summed E-state index contributed by atoms with van der Waals surface area (Å²) < 4.78 is 22.5. The fourth-order valence-corrected chi connectivity index (χ4v) is 12.7. The lowest BCUT2D eigenvalue weighted by atomic mass is 9.33. The molecule has 0 aromatic carbocycles. The Bertz CT molecular complexity index is 1440. The van der Waals surface area contributed by atoms with E-state index in [-0.39, 0.29) is 33.7 Å². The van der Waals surface area contributed by atoms with Gasteiger partial charge in [0, 0.05) is 13.8 Å². The molecular weight excluding hydrogens is 656 g/mol. The van der Waals surface area contributed by atoms with Gasteiger partial charge in [-0.1, -0.05) is 60.1 Å². The number of hydrogen-bond donors (Lipinski definition) is 4. The molecule has 6 rings (SSSR count). The van der Waals surface area contributed by atoms with E-state index in [1.54, 1.807) is 0 Å². The van der Waals surface area contributed by atoms with Crippen molar-refractivity contribution >= 4 is 17.9 Å². The van der Waals surface area contributed by atoms with E-state index in [1.807, 2.05) is 0 Å². The molecule has 0 aromatic rings. The zero-order chi connectivity index (χ0) is 37.7. The Balaban J connectivity index is 1.36. The number of ether oxygens (including phenoxy) is 4. The second-order valence-electron chi connectivity index (χ2n) is 19.1. The van der Waals surface area contributed by atoms with Crippen LogP contribution < -0.4 is 0 Å². The van der Waals surface area contributed by atoms with Gasteiger partial charge in [0.2, 0.25) is 6.29 Å². The van der Waals surface area contributed by atoms with Gasteiger partial charge >= 0.3 is 17.9 Å². The summed E-state index contributed by atoms with van der Waals surface area (Å²) in [7, 11) is 0. The first-order chi connectivity index (χ1) is 23.6. The van der Waals surface area contributed by atoms with Gasteiger partial charge in [0.15, 0.2) is 18.3 Å². The van der Waals surface area contributed by atoms with Crippen LogP contribution >= 0.6 is 0 Å². The third-order valence-corrected chi connectivity index (χ3v) is 15.7. The molecule has 4 N–H and O–H groups in total. The van der Waals surface area contributed by atoms with Crippen LogP contribution in [0.2, 0.25) is 0 Å². The van der Waals surface area contributed by atoms with Crippen molar-refractivity contribution in [1.29, 1.82) is 0 Å². The van der Waals surface area contributed by atoms with E-state index in [0.717, 1.165) is 46.0 Å². The van der Waals surface area contributed by atoms with Crippen LogP contribution in [0.4, 0.5) is 0 Å². The van der Waals surface area contributed by atoms with Crippen LogP contribution in [0.15, 0.2) is 11.6 Å². The maximum absolute atomic E-state index is 14.8. The summed E-state index contributed by atoms with van der Waals surface area (Å²) in [5, 5.41) is 45.1. The first-order valence-electron chi connectivity index (χ1n) is 19.2. The molecule has 0 amide bonds. The Morgan fingerprint density at radius 3 is 2.08 bits per heavy atom. The Hall–Kier alpha value is -2.05. The quantitative estimate of drug-likeness (QED) is 0.178. The molecule has 1 heterocycles. The molecule has 0 aromatic heterocycles. The minimum absolute atomic E-state index is 0.0190. The minimum atomic E-state index is -1.73. The monoisotopic (exact) mass is 718 g/mol. The topological polar surface area (TPSA) is 169 Å². The number of hydrogen-bond acceptors (Lipinski definition) is 11. The predicted molar refractivity (Wildman–Crippen MR) is 185 cm³/mol. The first kappa shape index (κ1) is 38.7. The molecule has 6 aliphatic rings. The summed E-state index contributed by atoms with van der Waals surface area (Å²) in [5.74, 6) is -1.80. The molecule has 1 aliphatic heterocycles. The van der Waals surface area contributed by atoms with Crippen molar-refractivity contribution in [3.63, 3.8) is 0 Å². The summed E-state index contributed by atoms with van der Waals surface area (Å²) >= 11 is 0. The Morgan fingerprint density at radius 1 is 0.804 bits per heavy atom. The highest BCUT2D eigenvalue weighted by atomic mass is 16.7. The molecule has 11 nitrogen and oxygen atoms in total. The average molecular weight is 719 g/mol. The molecular formula is C40H62O11. The van der Waals surface area contributed by atoms with Crippen LogP contribution in [0.25, 0.3) is 0 Å². The molecule has 288 valence electrons. The van der Waals surface area contributed by atoms with Crippen molar-refractivity contribution in [2.75, 3.05) is 6.61 Å². The minimum Gasteiger partial charge on any atom is -0.456 e. The number of rotatable bonds is 5. The molecule has 5 aliphatic carbocycles. The van der Waals surface area contributed by atoms with E-state index in [2.05, 4.69) is 54.5 Å². The highest BCUT2D eigenvalue weighted by Gasteiger charge is 2.71. The van der Waals surface area contributed by atoms with Gasteiger partial charge in [0.25, 0.3) is 0 Å². The number of aliphatic hydroxyl groups is 4. The van der Waals surface area contributed by atoms with Gasteiger partial charge in [-0.15, -0.1) is 0 Å². The zero-order valence-corrected chi connectivity index (χ0v) is 32.1. The average Bonchev–Trinajstić information content (AvgIpc) is 3.02. The smallest absolute Gasteiger partial charge is 0.317 e. The van der Waals surface area contributed by atoms with Crippen LogP contribution in [0.3, 0.4) is 0 Å². The van der Waals surface area contributed by atoms with Gasteiger partial charge in [-0.05, 0) is 103 Å². The lowest BCUT2D eigenvalue weighted by molar-refractivity contribution is -0.303. The summed E-state index contributed by atoms with van der Waals surface area (Å²) in [6.07, 6.45) is 0.233. The van der Waals surface area contributed by atoms with Gasteiger partial charge < -0.3 is 39.4 Å². The van der Waals surface area contributed by atoms with Crippen LogP contribution in [0.5, 0.6) is 0 Å². The van der Waals surface area contributed by atoms with E-state index < -0.39 is 72.2 Å². The Morgan fingerprint density at radius 2 is 1.45 bits per heavy atom. The van der Waals surface area contributed by atoms with Gasteiger partial charge in [-0.3, -0.25) is 14.4 Å². The number of carbonyl (C=O) groups is 3. The molecule has 14 atom stereocenters. The van der Waals surface area contributed by atoms with Crippen molar-refractivity contribution in [1.82, 2.24) is 0 Å². The maximum atomic E-state index is 14.8. The molecule has 4 unspecified atom stereocenters. The van der Waals surface area contributed by atoms with Crippen molar-refractivity contribution in [2.24, 2.45) is 50.2 Å². The van der Waals surface area contributed by atoms with Gasteiger partial charge in [0.1, 0.15) is 11.5 Å². The summed E-state index contributed by atoms with van der Waals surface area (Å²) in [6.45, 7) is 17.6. The SMILES string of the molecule is CC(=O)O[C@@H]1C(CO)O[C@H](OC(=O)[C@]23CCC(C)(C)C[C@H]2C2=CCC4[C@@]5(C)CC[C@H](O)C(C)(C)C5CC[C@@]4(C)[C@]2(C)C[C@H]3O)C(O)[C@@H]1OC(C)=O. The van der Waals surface area contributed by atoms with Gasteiger partial charge in [0.05, 0.1) is 18.8 Å². The number of esters is 3. The fraction of sp³-hybridized carbons (Fsp3) is 0.875. The fourth-order valence-electron chi connectivity index (χ4n) is 12.7. The van der Waals surface area contributed by atoms with Crippen LogP contribution in [0.1, 0.15) is 120 Å². The Labute approximate surface area is 302 Å². The van der Waals surface area contributed by atoms with Crippen LogP contribution in [-0.2, 0) is 33.3 Å². The van der Waals surface area contributed by atoms with Gasteiger partial charge in [-0.2, -0.15) is 0 Å². The molecule has 0 bridgehead atoms. The number of carbonyl (C=O) groups excluding carboxylic acids is 3. The summed E-state index contributed by atoms with van der Waals surface area (Å²) in [4.78, 5) is 38.7. The molecule has 4 saturated carbocycles. The Kier molecular flexibility index (Phi) is 9.69. The second kappa shape index (κ2) is 12.8. The van der Waals surface area contributed by atoms with Crippen molar-refractivity contribution < 1.29 is 53.8 Å². The zero-order valence-electron chi connectivity index (χ0n) is 32.1. The molecule has 5 fully saturated rings. The molecule has 0 radical (unpaired) electrons. The van der Waals surface area contributed by atoms with Gasteiger partial charge in [-0.25, -0.2) is 0 Å². The third kappa shape index (κ3) is 5.73. The number of aliphatic hydroxyl groups excluding tert-OH is 4. The second-order valence-corrected chi connectivity index (χ2v) is 19.1. The first-order valence-corrected chi connectivity index (χ1v) is 19.2. The number of allylic oxidation sites excluding steroid dienone is 2. The van der Waals surface area contributed by atoms with Crippen LogP contribution in [0, 0.1) is 50.2 Å². The predicted octanol–water partition coefficient (Wildman–Crippen LogP) is 4.60. The molecule has 11 heteroatoms. The standard InChI is InChI=1S/C40H62O11/c1-21(42)48-31-25(20-41)50-33(30(46)32(31)49-22(2)43)51-34(47)40-17-16-35(3,4)18-24(40)23-10-11-27-37(7)14-13-28(44)36(5,6)26(37)12-15-38(27,8)39(23,9)19-29(40)45/h10,24-33,41,44-46H,11-20H2,1-9H3/t24-,25?,26?,27?,28-,29+,30?,31+,32-,33+,37-,38+,39+,40+/m0/s1. The lowest BCUT2D eigenvalue weighted by Gasteiger charge is -2.71. The number of fused-ring (bicyclic) bond motifs is 7. The van der Waals surface area contributed by atoms with Crippen LogP contribution in [-0.4, -0.2) is 87.9 Å². The summed E-state index contributed by atoms with van der Waals surface area (Å²) in [6, 6.07) is 0. The van der Waals surface area contributed by atoms with Crippen molar-refractivity contribution in [3.05, 3.63) is 11.6 Å². The normalized spacial score (nSPS) is 48.4. The van der Waals surface area contributed by atoms with E-state index >= 15 is 0 Å². The lowest BCUT2D eigenvalue weighted by Crippen LogP contribution is -2.68. The molecule has 51 heavy (non-hydrogen) atoms. The van der Waals surface area contributed by atoms with E-state index in [9.17, 15) is 34.8 Å². The molecule has 0 spiro atoms. The third-order valence-electron chi connectivity index (χ3n) is 15.7. The van der Waals surface area contributed by atoms with Crippen molar-refractivity contribution in [3.8, 4) is 0 Å².